The Hall–Kier alpha value is -2.00. The number of fused-ring (bicyclic) bond motifs is 3. The molecule has 0 spiro atoms. The molecule has 1 heterocycles. The lowest BCUT2D eigenvalue weighted by molar-refractivity contribution is 0.460. The highest BCUT2D eigenvalue weighted by Gasteiger charge is 2.36. The Bertz CT molecular complexity index is 805. The maximum absolute atomic E-state index is 5.45. The Balaban J connectivity index is 1.72. The van der Waals surface area contributed by atoms with E-state index in [1.807, 2.05) is 0 Å². The van der Waals surface area contributed by atoms with E-state index in [0.29, 0.717) is 16.9 Å². The van der Waals surface area contributed by atoms with Crippen LogP contribution >= 0.6 is 12.2 Å². The van der Waals surface area contributed by atoms with Gasteiger partial charge in [-0.1, -0.05) is 62.4 Å². The summed E-state index contributed by atoms with van der Waals surface area (Å²) in [5, 5.41) is 4.06. The molecule has 24 heavy (non-hydrogen) atoms. The van der Waals surface area contributed by atoms with Crippen molar-refractivity contribution in [3.8, 4) is 0 Å². The molecule has 1 N–H and O–H groups in total. The SMILES string of the molecule is CC(C)c1ccc(C2NC(=S)N=C3c4ccccc4CCC32)cc1. The average Bonchev–Trinajstić information content (AvgIpc) is 2.61. The normalized spacial score (nSPS) is 22.5. The van der Waals surface area contributed by atoms with Crippen molar-refractivity contribution in [2.24, 2.45) is 10.9 Å². The highest BCUT2D eigenvalue weighted by Crippen LogP contribution is 2.37. The van der Waals surface area contributed by atoms with Crippen molar-refractivity contribution in [3.63, 3.8) is 0 Å². The van der Waals surface area contributed by atoms with Crippen LogP contribution in [0.4, 0.5) is 0 Å². The van der Waals surface area contributed by atoms with Crippen molar-refractivity contribution < 1.29 is 0 Å². The molecular formula is C21H22N2S. The lowest BCUT2D eigenvalue weighted by Gasteiger charge is -2.37. The van der Waals surface area contributed by atoms with Gasteiger partial charge in [0.1, 0.15) is 0 Å². The number of nitrogens with zero attached hydrogens (tertiary/aromatic N) is 1. The second kappa shape index (κ2) is 6.14. The summed E-state index contributed by atoms with van der Waals surface area (Å²) in [6.45, 7) is 4.46. The lowest BCUT2D eigenvalue weighted by atomic mass is 9.75. The molecular weight excluding hydrogens is 312 g/mol. The maximum Gasteiger partial charge on any atom is 0.193 e. The zero-order valence-corrected chi connectivity index (χ0v) is 14.9. The molecule has 1 aliphatic carbocycles. The molecule has 2 nitrogen and oxygen atoms in total. The standard InChI is InChI=1S/C21H22N2S/c1-13(2)14-7-9-16(10-8-14)19-18-12-11-15-5-3-4-6-17(15)20(18)23-21(24)22-19/h3-10,13,18-19H,11-12H2,1-2H3,(H,22,24). The highest BCUT2D eigenvalue weighted by atomic mass is 32.1. The second-order valence-corrected chi connectivity index (χ2v) is 7.43. The van der Waals surface area contributed by atoms with Gasteiger partial charge in [-0.05, 0) is 53.2 Å². The van der Waals surface area contributed by atoms with Gasteiger partial charge in [0, 0.05) is 5.92 Å². The Morgan fingerprint density at radius 2 is 1.83 bits per heavy atom. The first-order valence-electron chi connectivity index (χ1n) is 8.70. The Labute approximate surface area is 149 Å². The van der Waals surface area contributed by atoms with E-state index in [9.17, 15) is 0 Å². The minimum absolute atomic E-state index is 0.222. The van der Waals surface area contributed by atoms with Gasteiger partial charge in [0.2, 0.25) is 0 Å². The molecule has 0 saturated heterocycles. The van der Waals surface area contributed by atoms with Crippen LogP contribution < -0.4 is 5.32 Å². The Morgan fingerprint density at radius 3 is 2.58 bits per heavy atom. The fourth-order valence-electron chi connectivity index (χ4n) is 3.88. The summed E-state index contributed by atoms with van der Waals surface area (Å²) in [6.07, 6.45) is 2.22. The molecule has 0 amide bonds. The maximum atomic E-state index is 5.45. The summed E-state index contributed by atoms with van der Waals surface area (Å²) in [5.41, 5.74) is 6.52. The van der Waals surface area contributed by atoms with Crippen LogP contribution in [0.15, 0.2) is 53.5 Å². The molecule has 122 valence electrons. The molecule has 0 saturated carbocycles. The molecule has 0 aromatic heterocycles. The van der Waals surface area contributed by atoms with E-state index in [1.54, 1.807) is 0 Å². The largest absolute Gasteiger partial charge is 0.353 e. The number of aryl methyl sites for hydroxylation is 1. The predicted octanol–water partition coefficient (Wildman–Crippen LogP) is 4.79. The molecule has 2 aromatic rings. The van der Waals surface area contributed by atoms with Crippen molar-refractivity contribution in [1.82, 2.24) is 5.32 Å². The number of rotatable bonds is 2. The fraction of sp³-hybridized carbons (Fsp3) is 0.333. The Kier molecular flexibility index (Phi) is 3.97. The van der Waals surface area contributed by atoms with Crippen LogP contribution in [0.5, 0.6) is 0 Å². The van der Waals surface area contributed by atoms with Crippen LogP contribution in [0.25, 0.3) is 0 Å². The van der Waals surface area contributed by atoms with E-state index in [-0.39, 0.29) is 6.04 Å². The van der Waals surface area contributed by atoms with E-state index >= 15 is 0 Å². The van der Waals surface area contributed by atoms with Gasteiger partial charge in [0.25, 0.3) is 0 Å². The summed E-state index contributed by atoms with van der Waals surface area (Å²) >= 11 is 5.45. The quantitative estimate of drug-likeness (QED) is 0.799. The lowest BCUT2D eigenvalue weighted by Crippen LogP contribution is -2.43. The smallest absolute Gasteiger partial charge is 0.193 e. The Morgan fingerprint density at radius 1 is 1.08 bits per heavy atom. The first kappa shape index (κ1) is 15.5. The topological polar surface area (TPSA) is 24.4 Å². The van der Waals surface area contributed by atoms with Gasteiger partial charge < -0.3 is 5.32 Å². The van der Waals surface area contributed by atoms with Gasteiger partial charge in [-0.3, -0.25) is 0 Å². The summed E-state index contributed by atoms with van der Waals surface area (Å²) in [7, 11) is 0. The summed E-state index contributed by atoms with van der Waals surface area (Å²) < 4.78 is 0. The first-order chi connectivity index (χ1) is 11.6. The van der Waals surface area contributed by atoms with Crippen molar-refractivity contribution in [2.45, 2.75) is 38.6 Å². The van der Waals surface area contributed by atoms with Crippen molar-refractivity contribution in [1.29, 1.82) is 0 Å². The number of thiocarbonyl (C=S) groups is 1. The number of nitrogens with one attached hydrogen (secondary N) is 1. The van der Waals surface area contributed by atoms with Gasteiger partial charge in [0.05, 0.1) is 11.8 Å². The van der Waals surface area contributed by atoms with Crippen LogP contribution in [-0.4, -0.2) is 10.8 Å². The average molecular weight is 334 g/mol. The molecule has 3 heteroatoms. The van der Waals surface area contributed by atoms with Gasteiger partial charge in [0.15, 0.2) is 5.11 Å². The van der Waals surface area contributed by atoms with Crippen LogP contribution in [0, 0.1) is 5.92 Å². The number of hydrogen-bond acceptors (Lipinski definition) is 1. The van der Waals surface area contributed by atoms with Crippen molar-refractivity contribution in [2.75, 3.05) is 0 Å². The summed E-state index contributed by atoms with van der Waals surface area (Å²) in [5.74, 6) is 0.939. The van der Waals surface area contributed by atoms with Gasteiger partial charge in [-0.2, -0.15) is 0 Å². The predicted molar refractivity (Wildman–Crippen MR) is 104 cm³/mol. The monoisotopic (exact) mass is 334 g/mol. The van der Waals surface area contributed by atoms with Gasteiger partial charge >= 0.3 is 0 Å². The summed E-state index contributed by atoms with van der Waals surface area (Å²) in [6, 6.07) is 17.8. The van der Waals surface area contributed by atoms with Gasteiger partial charge in [-0.25, -0.2) is 4.99 Å². The second-order valence-electron chi connectivity index (χ2n) is 7.05. The van der Waals surface area contributed by atoms with Crippen LogP contribution in [0.2, 0.25) is 0 Å². The number of benzene rings is 2. The fourth-order valence-corrected chi connectivity index (χ4v) is 4.11. The molecule has 0 radical (unpaired) electrons. The third-order valence-electron chi connectivity index (χ3n) is 5.23. The first-order valence-corrected chi connectivity index (χ1v) is 9.11. The van der Waals surface area contributed by atoms with E-state index in [1.165, 1.54) is 28.0 Å². The van der Waals surface area contributed by atoms with Crippen LogP contribution in [0.1, 0.15) is 54.5 Å². The van der Waals surface area contributed by atoms with Crippen molar-refractivity contribution >= 4 is 23.0 Å². The van der Waals surface area contributed by atoms with Crippen LogP contribution in [-0.2, 0) is 6.42 Å². The molecule has 0 fully saturated rings. The zero-order valence-electron chi connectivity index (χ0n) is 14.1. The van der Waals surface area contributed by atoms with E-state index in [4.69, 9.17) is 17.2 Å². The molecule has 2 aromatic carbocycles. The third-order valence-corrected chi connectivity index (χ3v) is 5.44. The third kappa shape index (κ3) is 2.67. The molecule has 1 aliphatic heterocycles. The molecule has 2 unspecified atom stereocenters. The van der Waals surface area contributed by atoms with E-state index in [2.05, 4.69) is 67.7 Å². The number of aliphatic imine (C=N–C) groups is 1. The molecule has 2 atom stereocenters. The zero-order chi connectivity index (χ0) is 16.7. The highest BCUT2D eigenvalue weighted by molar-refractivity contribution is 7.80. The number of hydrogen-bond donors (Lipinski definition) is 1. The van der Waals surface area contributed by atoms with Crippen LogP contribution in [0.3, 0.4) is 0 Å². The minimum Gasteiger partial charge on any atom is -0.353 e. The van der Waals surface area contributed by atoms with Crippen molar-refractivity contribution in [3.05, 3.63) is 70.8 Å². The summed E-state index contributed by atoms with van der Waals surface area (Å²) in [4.78, 5) is 4.70. The molecule has 0 bridgehead atoms. The molecule has 4 rings (SSSR count). The van der Waals surface area contributed by atoms with E-state index in [0.717, 1.165) is 12.8 Å². The van der Waals surface area contributed by atoms with E-state index < -0.39 is 0 Å². The van der Waals surface area contributed by atoms with Gasteiger partial charge in [-0.15, -0.1) is 0 Å². The minimum atomic E-state index is 0.222. The molecule has 2 aliphatic rings.